The van der Waals surface area contributed by atoms with Crippen molar-refractivity contribution in [1.29, 1.82) is 0 Å². The summed E-state index contributed by atoms with van der Waals surface area (Å²) in [5, 5.41) is 0.934. The number of nitrogens with zero attached hydrogens (tertiary/aromatic N) is 1. The lowest BCUT2D eigenvalue weighted by atomic mass is 10.3. The molecule has 0 unspecified atom stereocenters. The number of halogens is 1. The zero-order chi connectivity index (χ0) is 12.8. The number of nitrogens with two attached hydrogens (primary N) is 1. The first-order chi connectivity index (χ1) is 8.04. The van der Waals surface area contributed by atoms with E-state index in [-0.39, 0.29) is 13.0 Å². The van der Waals surface area contributed by atoms with E-state index in [4.69, 9.17) is 5.84 Å². The van der Waals surface area contributed by atoms with Crippen LogP contribution in [0.2, 0.25) is 0 Å². The van der Waals surface area contributed by atoms with Gasteiger partial charge in [-0.05, 0) is 31.2 Å². The van der Waals surface area contributed by atoms with Crippen molar-refractivity contribution >= 4 is 33.5 Å². The van der Waals surface area contributed by atoms with Crippen LogP contribution in [0.15, 0.2) is 28.7 Å². The molecule has 0 spiro atoms. The van der Waals surface area contributed by atoms with Gasteiger partial charge in [-0.1, -0.05) is 15.9 Å². The van der Waals surface area contributed by atoms with Gasteiger partial charge in [0.05, 0.1) is 12.3 Å². The minimum absolute atomic E-state index is 0.245. The normalized spacial score (nSPS) is 9.82. The number of rotatable bonds is 4. The van der Waals surface area contributed by atoms with Gasteiger partial charge in [-0.25, -0.2) is 10.9 Å². The van der Waals surface area contributed by atoms with Gasteiger partial charge in [0, 0.05) is 4.47 Å². The van der Waals surface area contributed by atoms with Crippen LogP contribution in [0.5, 0.6) is 0 Å². The molecule has 5 nitrogen and oxygen atoms in total. The maximum Gasteiger partial charge on any atom is 0.315 e. The van der Waals surface area contributed by atoms with E-state index in [1.807, 2.05) is 0 Å². The predicted octanol–water partition coefficient (Wildman–Crippen LogP) is 1.61. The number of hydrogen-bond acceptors (Lipinski definition) is 4. The highest BCUT2D eigenvalue weighted by atomic mass is 79.9. The molecule has 92 valence electrons. The second-order valence-corrected chi connectivity index (χ2v) is 4.14. The van der Waals surface area contributed by atoms with E-state index in [1.165, 1.54) is 0 Å². The van der Waals surface area contributed by atoms with Gasteiger partial charge in [0.25, 0.3) is 5.91 Å². The summed E-state index contributed by atoms with van der Waals surface area (Å²) >= 11 is 3.27. The van der Waals surface area contributed by atoms with Crippen molar-refractivity contribution in [3.8, 4) is 0 Å². The fraction of sp³-hybridized carbons (Fsp3) is 0.273. The first kappa shape index (κ1) is 13.7. The Morgan fingerprint density at radius 1 is 1.35 bits per heavy atom. The Labute approximate surface area is 108 Å². The van der Waals surface area contributed by atoms with Crippen molar-refractivity contribution < 1.29 is 14.3 Å². The Hall–Kier alpha value is -1.40. The van der Waals surface area contributed by atoms with Crippen LogP contribution in [0.1, 0.15) is 13.3 Å². The molecule has 0 radical (unpaired) electrons. The molecule has 0 aliphatic rings. The van der Waals surface area contributed by atoms with E-state index in [9.17, 15) is 9.59 Å². The summed E-state index contributed by atoms with van der Waals surface area (Å²) in [6.07, 6.45) is -0.361. The molecule has 0 fully saturated rings. The largest absolute Gasteiger partial charge is 0.466 e. The van der Waals surface area contributed by atoms with Gasteiger partial charge in [0.15, 0.2) is 0 Å². The van der Waals surface area contributed by atoms with Crippen molar-refractivity contribution in [1.82, 2.24) is 0 Å². The summed E-state index contributed by atoms with van der Waals surface area (Å²) in [6.45, 7) is 1.92. The molecule has 1 aromatic carbocycles. The minimum Gasteiger partial charge on any atom is -0.466 e. The van der Waals surface area contributed by atoms with Crippen LogP contribution in [0, 0.1) is 0 Å². The molecule has 0 saturated heterocycles. The molecule has 1 amide bonds. The summed E-state index contributed by atoms with van der Waals surface area (Å²) in [4.78, 5) is 22.7. The number of carbonyl (C=O) groups is 2. The summed E-state index contributed by atoms with van der Waals surface area (Å²) < 4.78 is 5.55. The number of esters is 1. The third kappa shape index (κ3) is 4.16. The summed E-state index contributed by atoms with van der Waals surface area (Å²) in [5.41, 5.74) is 0.516. The van der Waals surface area contributed by atoms with Gasteiger partial charge in [0.2, 0.25) is 0 Å². The molecule has 1 rings (SSSR count). The second kappa shape index (κ2) is 6.36. The highest BCUT2D eigenvalue weighted by molar-refractivity contribution is 9.10. The van der Waals surface area contributed by atoms with Crippen LogP contribution < -0.4 is 10.9 Å². The Kier molecular flexibility index (Phi) is 5.11. The molecule has 1 aromatic rings. The Morgan fingerprint density at radius 3 is 2.47 bits per heavy atom. The van der Waals surface area contributed by atoms with E-state index in [0.717, 1.165) is 9.48 Å². The lowest BCUT2D eigenvalue weighted by molar-refractivity contribution is -0.145. The number of anilines is 1. The van der Waals surface area contributed by atoms with E-state index in [2.05, 4.69) is 20.7 Å². The topological polar surface area (TPSA) is 72.6 Å². The van der Waals surface area contributed by atoms with E-state index in [0.29, 0.717) is 5.69 Å². The van der Waals surface area contributed by atoms with Gasteiger partial charge in [-0.2, -0.15) is 0 Å². The number of benzene rings is 1. The van der Waals surface area contributed by atoms with Gasteiger partial charge < -0.3 is 4.74 Å². The molecule has 17 heavy (non-hydrogen) atoms. The molecule has 0 aliphatic heterocycles. The minimum atomic E-state index is -0.579. The average molecular weight is 301 g/mol. The SMILES string of the molecule is CCOC(=O)CC(=O)N(N)c1ccc(Br)cc1. The Balaban J connectivity index is 2.63. The molecule has 2 N–H and O–H groups in total. The zero-order valence-electron chi connectivity index (χ0n) is 9.35. The number of carbonyl (C=O) groups excluding carboxylic acids is 2. The maximum absolute atomic E-state index is 11.6. The van der Waals surface area contributed by atoms with Crippen LogP contribution in [0.4, 0.5) is 5.69 Å². The molecule has 0 aliphatic carbocycles. The van der Waals surface area contributed by atoms with Gasteiger partial charge in [-0.15, -0.1) is 0 Å². The zero-order valence-corrected chi connectivity index (χ0v) is 10.9. The number of ether oxygens (including phenoxy) is 1. The van der Waals surface area contributed by atoms with Crippen molar-refractivity contribution in [3.05, 3.63) is 28.7 Å². The van der Waals surface area contributed by atoms with Gasteiger partial charge in [-0.3, -0.25) is 9.59 Å². The Bertz CT molecular complexity index is 406. The molecule has 0 aromatic heterocycles. The lowest BCUT2D eigenvalue weighted by Crippen LogP contribution is -2.38. The quantitative estimate of drug-likeness (QED) is 0.301. The Morgan fingerprint density at radius 2 is 1.94 bits per heavy atom. The van der Waals surface area contributed by atoms with Crippen LogP contribution in [0.25, 0.3) is 0 Å². The van der Waals surface area contributed by atoms with Crippen molar-refractivity contribution in [2.24, 2.45) is 5.84 Å². The average Bonchev–Trinajstić information content (AvgIpc) is 2.29. The lowest BCUT2D eigenvalue weighted by Gasteiger charge is -2.16. The fourth-order valence-corrected chi connectivity index (χ4v) is 1.43. The fourth-order valence-electron chi connectivity index (χ4n) is 1.17. The van der Waals surface area contributed by atoms with Crippen molar-refractivity contribution in [3.63, 3.8) is 0 Å². The van der Waals surface area contributed by atoms with Gasteiger partial charge in [0.1, 0.15) is 6.42 Å². The first-order valence-electron chi connectivity index (χ1n) is 5.03. The highest BCUT2D eigenvalue weighted by Gasteiger charge is 2.16. The standard InChI is InChI=1S/C11H13BrN2O3/c1-2-17-11(16)7-10(15)14(13)9-5-3-8(12)4-6-9/h3-6H,2,7,13H2,1H3. The van der Waals surface area contributed by atoms with Gasteiger partial charge >= 0.3 is 5.97 Å². The second-order valence-electron chi connectivity index (χ2n) is 3.22. The number of hydrazine groups is 1. The third-order valence-electron chi connectivity index (χ3n) is 1.97. The molecule has 0 saturated carbocycles. The molecular formula is C11H13BrN2O3. The number of amides is 1. The molecule has 0 heterocycles. The summed E-state index contributed by atoms with van der Waals surface area (Å²) in [5.74, 6) is 4.51. The molecule has 6 heteroatoms. The van der Waals surface area contributed by atoms with E-state index < -0.39 is 11.9 Å². The van der Waals surface area contributed by atoms with Crippen LogP contribution >= 0.6 is 15.9 Å². The predicted molar refractivity (Wildman–Crippen MR) is 67.1 cm³/mol. The highest BCUT2D eigenvalue weighted by Crippen LogP contribution is 2.16. The van der Waals surface area contributed by atoms with Crippen LogP contribution in [0.3, 0.4) is 0 Å². The summed E-state index contributed by atoms with van der Waals surface area (Å²) in [6, 6.07) is 6.86. The van der Waals surface area contributed by atoms with Crippen LogP contribution in [-0.2, 0) is 14.3 Å². The van der Waals surface area contributed by atoms with Crippen molar-refractivity contribution in [2.75, 3.05) is 11.6 Å². The number of hydrogen-bond donors (Lipinski definition) is 1. The third-order valence-corrected chi connectivity index (χ3v) is 2.50. The monoisotopic (exact) mass is 300 g/mol. The van der Waals surface area contributed by atoms with Crippen LogP contribution in [-0.4, -0.2) is 18.5 Å². The van der Waals surface area contributed by atoms with E-state index in [1.54, 1.807) is 31.2 Å². The smallest absolute Gasteiger partial charge is 0.315 e. The summed E-state index contributed by atoms with van der Waals surface area (Å²) in [7, 11) is 0. The van der Waals surface area contributed by atoms with E-state index >= 15 is 0 Å². The van der Waals surface area contributed by atoms with Crippen molar-refractivity contribution in [2.45, 2.75) is 13.3 Å². The maximum atomic E-state index is 11.6. The molecule has 0 atom stereocenters. The molecular weight excluding hydrogens is 288 g/mol. The molecule has 0 bridgehead atoms. The first-order valence-corrected chi connectivity index (χ1v) is 5.82.